The van der Waals surface area contributed by atoms with Crippen molar-refractivity contribution in [3.63, 3.8) is 0 Å². The van der Waals surface area contributed by atoms with E-state index in [0.717, 1.165) is 11.3 Å². The van der Waals surface area contributed by atoms with Crippen LogP contribution in [-0.4, -0.2) is 47.3 Å². The summed E-state index contributed by atoms with van der Waals surface area (Å²) in [5.74, 6) is -0.0484. The molecular weight excluding hydrogens is 366 g/mol. The van der Waals surface area contributed by atoms with Crippen LogP contribution in [0, 0.1) is 11.3 Å². The number of carbonyl (C=O) groups is 2. The second kappa shape index (κ2) is 11.9. The first-order valence-corrected chi connectivity index (χ1v) is 8.48. The molecule has 0 unspecified atom stereocenters. The van der Waals surface area contributed by atoms with Crippen molar-refractivity contribution >= 4 is 17.8 Å². The lowest BCUT2D eigenvalue weighted by Crippen LogP contribution is -2.10. The first kappa shape index (κ1) is 22.4. The topological polar surface area (TPSA) is 142 Å². The van der Waals surface area contributed by atoms with Gasteiger partial charge in [-0.2, -0.15) is 5.26 Å². The molecule has 0 saturated heterocycles. The van der Waals surface area contributed by atoms with E-state index in [9.17, 15) is 9.59 Å². The minimum Gasteiger partial charge on any atom is -0.497 e. The highest BCUT2D eigenvalue weighted by Gasteiger charge is 2.18. The van der Waals surface area contributed by atoms with E-state index in [-0.39, 0.29) is 24.5 Å². The van der Waals surface area contributed by atoms with Crippen LogP contribution in [0.5, 0.6) is 5.75 Å². The van der Waals surface area contributed by atoms with Crippen LogP contribution in [0.4, 0.5) is 5.82 Å². The molecular formula is C18H23N5O5. The van der Waals surface area contributed by atoms with Crippen LogP contribution in [0.3, 0.4) is 0 Å². The maximum atomic E-state index is 11.6. The largest absolute Gasteiger partial charge is 0.497 e. The standard InChI is InChI=1S/C13H16N4O3.C5H7NO2/c1-3-20-13(18)11-12(14)17(16-15-11)8-9-4-6-10(19-2)7-5-9;1-2-8-5(7)3-4-6/h4-7H,3,8,14H2,1-2H3;2-3H2,1H3. The van der Waals surface area contributed by atoms with Crippen molar-refractivity contribution < 1.29 is 23.8 Å². The van der Waals surface area contributed by atoms with Gasteiger partial charge in [-0.3, -0.25) is 4.79 Å². The van der Waals surface area contributed by atoms with E-state index in [2.05, 4.69) is 15.0 Å². The van der Waals surface area contributed by atoms with Crippen LogP contribution in [0.25, 0.3) is 0 Å². The first-order chi connectivity index (χ1) is 13.5. The summed E-state index contributed by atoms with van der Waals surface area (Å²) in [5.41, 5.74) is 6.86. The van der Waals surface area contributed by atoms with Crippen molar-refractivity contribution in [3.05, 3.63) is 35.5 Å². The van der Waals surface area contributed by atoms with Gasteiger partial charge in [0.1, 0.15) is 12.2 Å². The Morgan fingerprint density at radius 3 is 2.36 bits per heavy atom. The Morgan fingerprint density at radius 2 is 1.82 bits per heavy atom. The molecule has 0 atom stereocenters. The van der Waals surface area contributed by atoms with Crippen LogP contribution < -0.4 is 10.5 Å². The average Bonchev–Trinajstić information content (AvgIpc) is 3.04. The monoisotopic (exact) mass is 389 g/mol. The van der Waals surface area contributed by atoms with Crippen LogP contribution in [0.15, 0.2) is 24.3 Å². The highest BCUT2D eigenvalue weighted by atomic mass is 16.5. The molecule has 2 aromatic rings. The Bertz CT molecular complexity index is 811. The fourth-order valence-corrected chi connectivity index (χ4v) is 1.96. The van der Waals surface area contributed by atoms with Crippen LogP contribution >= 0.6 is 0 Å². The second-order valence-corrected chi connectivity index (χ2v) is 5.19. The lowest BCUT2D eigenvalue weighted by molar-refractivity contribution is -0.141. The molecule has 0 aliphatic carbocycles. The summed E-state index contributed by atoms with van der Waals surface area (Å²) in [6, 6.07) is 9.15. The van der Waals surface area contributed by atoms with Gasteiger partial charge in [0.15, 0.2) is 5.82 Å². The molecule has 1 aromatic carbocycles. The van der Waals surface area contributed by atoms with Crippen LogP contribution in [0.1, 0.15) is 36.3 Å². The lowest BCUT2D eigenvalue weighted by Gasteiger charge is -2.05. The highest BCUT2D eigenvalue weighted by Crippen LogP contribution is 2.15. The first-order valence-electron chi connectivity index (χ1n) is 8.48. The number of nitriles is 1. The number of hydrogen-bond acceptors (Lipinski definition) is 9. The van der Waals surface area contributed by atoms with Gasteiger partial charge in [-0.1, -0.05) is 17.3 Å². The van der Waals surface area contributed by atoms with E-state index < -0.39 is 11.9 Å². The molecule has 1 heterocycles. The van der Waals surface area contributed by atoms with Crippen molar-refractivity contribution in [2.75, 3.05) is 26.1 Å². The number of nitrogens with zero attached hydrogens (tertiary/aromatic N) is 4. The van der Waals surface area contributed by atoms with Gasteiger partial charge in [0.05, 0.1) is 32.9 Å². The molecule has 0 amide bonds. The molecule has 0 fully saturated rings. The Balaban J connectivity index is 0.000000416. The van der Waals surface area contributed by atoms with Gasteiger partial charge in [-0.05, 0) is 31.5 Å². The zero-order valence-electron chi connectivity index (χ0n) is 16.0. The average molecular weight is 389 g/mol. The molecule has 150 valence electrons. The SMILES string of the molecule is CCOC(=O)CC#N.CCOC(=O)c1nnn(Cc2ccc(OC)cc2)c1N. The number of esters is 2. The fraction of sp³-hybridized carbons (Fsp3) is 0.389. The summed E-state index contributed by atoms with van der Waals surface area (Å²) in [5, 5.41) is 15.5. The number of hydrogen-bond donors (Lipinski definition) is 1. The number of carbonyl (C=O) groups excluding carboxylic acids is 2. The van der Waals surface area contributed by atoms with E-state index in [1.807, 2.05) is 24.3 Å². The molecule has 1 aromatic heterocycles. The van der Waals surface area contributed by atoms with Crippen molar-refractivity contribution in [1.29, 1.82) is 5.26 Å². The third kappa shape index (κ3) is 6.95. The number of benzene rings is 1. The molecule has 28 heavy (non-hydrogen) atoms. The zero-order valence-corrected chi connectivity index (χ0v) is 16.0. The van der Waals surface area contributed by atoms with Gasteiger partial charge in [-0.15, -0.1) is 5.10 Å². The van der Waals surface area contributed by atoms with E-state index >= 15 is 0 Å². The van der Waals surface area contributed by atoms with E-state index in [1.54, 1.807) is 27.0 Å². The zero-order chi connectivity index (χ0) is 20.9. The molecule has 0 spiro atoms. The Hall–Kier alpha value is -3.61. The molecule has 0 aliphatic rings. The molecule has 2 rings (SSSR count). The maximum absolute atomic E-state index is 11.6. The number of ether oxygens (including phenoxy) is 3. The molecule has 10 heteroatoms. The summed E-state index contributed by atoms with van der Waals surface area (Å²) in [4.78, 5) is 21.8. The van der Waals surface area contributed by atoms with Gasteiger partial charge in [0.25, 0.3) is 0 Å². The van der Waals surface area contributed by atoms with Gasteiger partial charge >= 0.3 is 11.9 Å². The smallest absolute Gasteiger partial charge is 0.362 e. The Labute approximate surface area is 162 Å². The third-order valence-electron chi connectivity index (χ3n) is 3.26. The summed E-state index contributed by atoms with van der Waals surface area (Å²) < 4.78 is 15.8. The number of anilines is 1. The van der Waals surface area contributed by atoms with E-state index in [4.69, 9.17) is 20.5 Å². The van der Waals surface area contributed by atoms with Crippen LogP contribution in [-0.2, 0) is 20.8 Å². The molecule has 0 saturated carbocycles. The number of nitrogens with two attached hydrogens (primary N) is 1. The molecule has 10 nitrogen and oxygen atoms in total. The number of aromatic nitrogens is 3. The number of nitrogen functional groups attached to an aromatic ring is 1. The van der Waals surface area contributed by atoms with Crippen molar-refractivity contribution in [2.24, 2.45) is 0 Å². The Morgan fingerprint density at radius 1 is 1.18 bits per heavy atom. The number of methoxy groups -OCH3 is 1. The highest BCUT2D eigenvalue weighted by molar-refractivity contribution is 5.91. The minimum absolute atomic E-state index is 0.0420. The third-order valence-corrected chi connectivity index (χ3v) is 3.26. The fourth-order valence-electron chi connectivity index (χ4n) is 1.96. The molecule has 0 aliphatic heterocycles. The Kier molecular flexibility index (Phi) is 9.53. The van der Waals surface area contributed by atoms with Crippen molar-refractivity contribution in [3.8, 4) is 11.8 Å². The normalized spacial score (nSPS) is 9.50. The summed E-state index contributed by atoms with van der Waals surface area (Å²) >= 11 is 0. The molecule has 2 N–H and O–H groups in total. The van der Waals surface area contributed by atoms with Gasteiger partial charge < -0.3 is 19.9 Å². The summed E-state index contributed by atoms with van der Waals surface area (Å²) in [6.07, 6.45) is -0.145. The molecule has 0 radical (unpaired) electrons. The maximum Gasteiger partial charge on any atom is 0.362 e. The van der Waals surface area contributed by atoms with E-state index in [0.29, 0.717) is 13.2 Å². The van der Waals surface area contributed by atoms with Gasteiger partial charge in [0, 0.05) is 0 Å². The summed E-state index contributed by atoms with van der Waals surface area (Å²) in [6.45, 7) is 4.46. The van der Waals surface area contributed by atoms with E-state index in [1.165, 1.54) is 4.68 Å². The minimum atomic E-state index is -0.564. The second-order valence-electron chi connectivity index (χ2n) is 5.19. The quantitative estimate of drug-likeness (QED) is 0.698. The van der Waals surface area contributed by atoms with Crippen molar-refractivity contribution in [1.82, 2.24) is 15.0 Å². The number of rotatable bonds is 7. The van der Waals surface area contributed by atoms with Gasteiger partial charge in [-0.25, -0.2) is 9.48 Å². The lowest BCUT2D eigenvalue weighted by atomic mass is 10.2. The molecule has 0 bridgehead atoms. The predicted molar refractivity (Wildman–Crippen MR) is 99.3 cm³/mol. The van der Waals surface area contributed by atoms with Crippen LogP contribution in [0.2, 0.25) is 0 Å². The summed E-state index contributed by atoms with van der Waals surface area (Å²) in [7, 11) is 1.61. The predicted octanol–water partition coefficient (Wildman–Crippen LogP) is 1.56. The van der Waals surface area contributed by atoms with Gasteiger partial charge in [0.2, 0.25) is 5.69 Å². The van der Waals surface area contributed by atoms with Crippen molar-refractivity contribution in [2.45, 2.75) is 26.8 Å².